The van der Waals surface area contributed by atoms with E-state index in [0.717, 1.165) is 0 Å². The maximum atomic E-state index is 11.9. The standard InChI is InChI=1S/C11H16ClF3N2O2/c1-3-8-10(12)9(17(2)16-8)4-7(18)5-19-6-11(13,14)15/h7,18H,3-6H2,1-2H3. The number of hydrogen-bond acceptors (Lipinski definition) is 3. The average molecular weight is 301 g/mol. The van der Waals surface area contributed by atoms with Crippen molar-refractivity contribution in [2.45, 2.75) is 32.0 Å². The van der Waals surface area contributed by atoms with E-state index >= 15 is 0 Å². The van der Waals surface area contributed by atoms with Crippen LogP contribution in [0.2, 0.25) is 5.02 Å². The van der Waals surface area contributed by atoms with Crippen LogP contribution in [-0.2, 0) is 24.6 Å². The van der Waals surface area contributed by atoms with Crippen molar-refractivity contribution < 1.29 is 23.0 Å². The molecule has 0 saturated carbocycles. The molecule has 0 radical (unpaired) electrons. The summed E-state index contributed by atoms with van der Waals surface area (Å²) in [5.74, 6) is 0. The second-order valence-corrected chi connectivity index (χ2v) is 4.55. The molecule has 1 N–H and O–H groups in total. The van der Waals surface area contributed by atoms with Crippen molar-refractivity contribution in [3.63, 3.8) is 0 Å². The maximum Gasteiger partial charge on any atom is 0.411 e. The van der Waals surface area contributed by atoms with E-state index in [1.165, 1.54) is 4.68 Å². The normalized spacial score (nSPS) is 13.8. The van der Waals surface area contributed by atoms with Crippen LogP contribution in [0.25, 0.3) is 0 Å². The first kappa shape index (κ1) is 16.3. The first-order valence-electron chi connectivity index (χ1n) is 5.77. The predicted molar refractivity (Wildman–Crippen MR) is 64.2 cm³/mol. The molecule has 1 unspecified atom stereocenters. The Morgan fingerprint density at radius 2 is 2.11 bits per heavy atom. The number of hydrogen-bond donors (Lipinski definition) is 1. The van der Waals surface area contributed by atoms with Gasteiger partial charge in [-0.1, -0.05) is 18.5 Å². The molecule has 0 amide bonds. The van der Waals surface area contributed by atoms with Crippen molar-refractivity contribution in [1.82, 2.24) is 9.78 Å². The lowest BCUT2D eigenvalue weighted by molar-refractivity contribution is -0.179. The minimum absolute atomic E-state index is 0.0974. The molecular formula is C11H16ClF3N2O2. The third-order valence-corrected chi connectivity index (χ3v) is 2.94. The van der Waals surface area contributed by atoms with Gasteiger partial charge in [0.2, 0.25) is 0 Å². The molecule has 1 rings (SSSR count). The molecule has 1 atom stereocenters. The van der Waals surface area contributed by atoms with E-state index in [0.29, 0.717) is 22.8 Å². The van der Waals surface area contributed by atoms with Gasteiger partial charge in [0.05, 0.1) is 29.1 Å². The Morgan fingerprint density at radius 3 is 2.58 bits per heavy atom. The summed E-state index contributed by atoms with van der Waals surface area (Å²) >= 11 is 6.07. The number of ether oxygens (including phenoxy) is 1. The van der Waals surface area contributed by atoms with Gasteiger partial charge in [0.25, 0.3) is 0 Å². The summed E-state index contributed by atoms with van der Waals surface area (Å²) in [5.41, 5.74) is 1.28. The van der Waals surface area contributed by atoms with Crippen molar-refractivity contribution in [3.05, 3.63) is 16.4 Å². The highest BCUT2D eigenvalue weighted by atomic mass is 35.5. The van der Waals surface area contributed by atoms with Crippen LogP contribution in [0.5, 0.6) is 0 Å². The largest absolute Gasteiger partial charge is 0.411 e. The molecule has 4 nitrogen and oxygen atoms in total. The fourth-order valence-electron chi connectivity index (χ4n) is 1.63. The Balaban J connectivity index is 2.53. The van der Waals surface area contributed by atoms with Gasteiger partial charge in [-0.2, -0.15) is 18.3 Å². The maximum absolute atomic E-state index is 11.9. The first-order chi connectivity index (χ1) is 8.74. The number of aryl methyl sites for hydroxylation is 2. The van der Waals surface area contributed by atoms with Crippen LogP contribution in [0.1, 0.15) is 18.3 Å². The summed E-state index contributed by atoms with van der Waals surface area (Å²) in [7, 11) is 1.67. The highest BCUT2D eigenvalue weighted by Crippen LogP contribution is 2.22. The van der Waals surface area contributed by atoms with Crippen molar-refractivity contribution in [2.24, 2.45) is 7.05 Å². The smallest absolute Gasteiger partial charge is 0.390 e. The van der Waals surface area contributed by atoms with Gasteiger partial charge in [-0.05, 0) is 6.42 Å². The van der Waals surface area contributed by atoms with Gasteiger partial charge >= 0.3 is 6.18 Å². The van der Waals surface area contributed by atoms with E-state index in [1.807, 2.05) is 6.92 Å². The molecule has 8 heteroatoms. The summed E-state index contributed by atoms with van der Waals surface area (Å²) in [6, 6.07) is 0. The lowest BCUT2D eigenvalue weighted by Gasteiger charge is -2.13. The summed E-state index contributed by atoms with van der Waals surface area (Å²) in [5, 5.41) is 14.2. The van der Waals surface area contributed by atoms with Crippen LogP contribution < -0.4 is 0 Å². The molecule has 0 aliphatic heterocycles. The number of aliphatic hydroxyl groups excluding tert-OH is 1. The molecule has 0 spiro atoms. The molecule has 1 aromatic heterocycles. The number of alkyl halides is 3. The zero-order valence-electron chi connectivity index (χ0n) is 10.7. The predicted octanol–water partition coefficient (Wildman–Crippen LogP) is 2.12. The molecule has 0 saturated heterocycles. The highest BCUT2D eigenvalue weighted by Gasteiger charge is 2.28. The molecular weight excluding hydrogens is 285 g/mol. The van der Waals surface area contributed by atoms with Crippen LogP contribution in [-0.4, -0.2) is 40.4 Å². The van der Waals surface area contributed by atoms with Gasteiger partial charge in [-0.15, -0.1) is 0 Å². The minimum Gasteiger partial charge on any atom is -0.390 e. The molecule has 0 fully saturated rings. The van der Waals surface area contributed by atoms with Crippen LogP contribution in [0.4, 0.5) is 13.2 Å². The topological polar surface area (TPSA) is 47.3 Å². The van der Waals surface area contributed by atoms with E-state index < -0.39 is 25.5 Å². The van der Waals surface area contributed by atoms with Gasteiger partial charge < -0.3 is 9.84 Å². The Labute approximate surface area is 114 Å². The fourth-order valence-corrected chi connectivity index (χ4v) is 2.01. The molecule has 0 bridgehead atoms. The van der Waals surface area contributed by atoms with Gasteiger partial charge in [0, 0.05) is 13.5 Å². The summed E-state index contributed by atoms with van der Waals surface area (Å²) in [6.07, 6.45) is -4.70. The monoisotopic (exact) mass is 300 g/mol. The third-order valence-electron chi connectivity index (χ3n) is 2.51. The lowest BCUT2D eigenvalue weighted by atomic mass is 10.2. The molecule has 19 heavy (non-hydrogen) atoms. The highest BCUT2D eigenvalue weighted by molar-refractivity contribution is 6.31. The Bertz CT molecular complexity index is 421. The zero-order chi connectivity index (χ0) is 14.6. The number of rotatable bonds is 6. The average Bonchev–Trinajstić information content (AvgIpc) is 2.54. The summed E-state index contributed by atoms with van der Waals surface area (Å²) in [6.45, 7) is 0.118. The van der Waals surface area contributed by atoms with Gasteiger partial charge in [-0.3, -0.25) is 4.68 Å². The molecule has 1 aromatic rings. The SMILES string of the molecule is CCc1nn(C)c(CC(O)COCC(F)(F)F)c1Cl. The van der Waals surface area contributed by atoms with Crippen LogP contribution in [0, 0.1) is 0 Å². The number of aliphatic hydroxyl groups is 1. The zero-order valence-corrected chi connectivity index (χ0v) is 11.4. The van der Waals surface area contributed by atoms with Crippen LogP contribution in [0.15, 0.2) is 0 Å². The van der Waals surface area contributed by atoms with Crippen molar-refractivity contribution in [1.29, 1.82) is 0 Å². The number of halogens is 4. The lowest BCUT2D eigenvalue weighted by Crippen LogP contribution is -2.24. The Kier molecular flexibility index (Phi) is 5.64. The van der Waals surface area contributed by atoms with Crippen molar-refractivity contribution in [2.75, 3.05) is 13.2 Å². The van der Waals surface area contributed by atoms with E-state index in [2.05, 4.69) is 9.84 Å². The molecule has 0 aliphatic rings. The van der Waals surface area contributed by atoms with Crippen molar-refractivity contribution in [3.8, 4) is 0 Å². The van der Waals surface area contributed by atoms with Gasteiger partial charge in [-0.25, -0.2) is 0 Å². The Hall–Kier alpha value is -0.790. The summed E-state index contributed by atoms with van der Waals surface area (Å²) in [4.78, 5) is 0. The quantitative estimate of drug-likeness (QED) is 0.875. The third kappa shape index (κ3) is 5.00. The van der Waals surface area contributed by atoms with Crippen LogP contribution in [0.3, 0.4) is 0 Å². The minimum atomic E-state index is -4.39. The van der Waals surface area contributed by atoms with Gasteiger partial charge in [0.1, 0.15) is 6.61 Å². The molecule has 1 heterocycles. The summed E-state index contributed by atoms with van der Waals surface area (Å²) < 4.78 is 41.5. The van der Waals surface area contributed by atoms with Gasteiger partial charge in [0.15, 0.2) is 0 Å². The molecule has 0 aromatic carbocycles. The second-order valence-electron chi connectivity index (χ2n) is 4.17. The molecule has 0 aliphatic carbocycles. The van der Waals surface area contributed by atoms with E-state index in [1.54, 1.807) is 7.05 Å². The fraction of sp³-hybridized carbons (Fsp3) is 0.727. The molecule has 110 valence electrons. The van der Waals surface area contributed by atoms with E-state index in [-0.39, 0.29) is 6.42 Å². The van der Waals surface area contributed by atoms with E-state index in [4.69, 9.17) is 11.6 Å². The Morgan fingerprint density at radius 1 is 1.47 bits per heavy atom. The van der Waals surface area contributed by atoms with Crippen LogP contribution >= 0.6 is 11.6 Å². The second kappa shape index (κ2) is 6.58. The number of nitrogens with zero attached hydrogens (tertiary/aromatic N) is 2. The number of aromatic nitrogens is 2. The van der Waals surface area contributed by atoms with Crippen molar-refractivity contribution >= 4 is 11.6 Å². The first-order valence-corrected chi connectivity index (χ1v) is 6.15. The van der Waals surface area contributed by atoms with E-state index in [9.17, 15) is 18.3 Å².